The summed E-state index contributed by atoms with van der Waals surface area (Å²) in [5, 5.41) is 3.67. The molecule has 0 bridgehead atoms. The molecule has 2 aliphatic carbocycles. The Kier molecular flexibility index (Phi) is 2.66. The minimum absolute atomic E-state index is 0.742. The Labute approximate surface area is 114 Å². The van der Waals surface area contributed by atoms with Gasteiger partial charge in [0.25, 0.3) is 0 Å². The van der Waals surface area contributed by atoms with Crippen LogP contribution < -0.4 is 5.32 Å². The minimum Gasteiger partial charge on any atom is -0.315 e. The zero-order chi connectivity index (χ0) is 12.7. The molecular formula is C18H19N. The molecule has 2 unspecified atom stereocenters. The van der Waals surface area contributed by atoms with Crippen LogP contribution in [0, 0.1) is 0 Å². The molecule has 19 heavy (non-hydrogen) atoms. The van der Waals surface area contributed by atoms with E-state index >= 15 is 0 Å². The van der Waals surface area contributed by atoms with Crippen molar-refractivity contribution >= 4 is 0 Å². The molecule has 0 saturated heterocycles. The molecule has 0 spiro atoms. The van der Waals surface area contributed by atoms with Crippen LogP contribution in [0.5, 0.6) is 0 Å². The van der Waals surface area contributed by atoms with Crippen molar-refractivity contribution in [2.45, 2.75) is 24.7 Å². The largest absolute Gasteiger partial charge is 0.315 e. The van der Waals surface area contributed by atoms with Gasteiger partial charge >= 0.3 is 0 Å². The quantitative estimate of drug-likeness (QED) is 0.877. The number of fused-ring (bicyclic) bond motifs is 2. The number of benzene rings is 2. The molecule has 1 heteroatoms. The third-order valence-electron chi connectivity index (χ3n) is 4.70. The summed E-state index contributed by atoms with van der Waals surface area (Å²) >= 11 is 0. The van der Waals surface area contributed by atoms with Crippen LogP contribution in [-0.4, -0.2) is 13.1 Å². The summed E-state index contributed by atoms with van der Waals surface area (Å²) in [6, 6.07) is 17.7. The van der Waals surface area contributed by atoms with Crippen molar-refractivity contribution in [2.75, 3.05) is 13.1 Å². The Morgan fingerprint density at radius 3 is 1.68 bits per heavy atom. The van der Waals surface area contributed by atoms with E-state index < -0.39 is 0 Å². The predicted molar refractivity (Wildman–Crippen MR) is 78.6 cm³/mol. The summed E-state index contributed by atoms with van der Waals surface area (Å²) in [6.07, 6.45) is 2.51. The van der Waals surface area contributed by atoms with Gasteiger partial charge in [-0.05, 0) is 35.1 Å². The van der Waals surface area contributed by atoms with Crippen LogP contribution in [0.2, 0.25) is 0 Å². The van der Waals surface area contributed by atoms with E-state index in [2.05, 4.69) is 53.8 Å². The first-order valence-electron chi connectivity index (χ1n) is 7.28. The first-order chi connectivity index (χ1) is 9.42. The van der Waals surface area contributed by atoms with Crippen molar-refractivity contribution in [3.05, 3.63) is 70.8 Å². The monoisotopic (exact) mass is 249 g/mol. The van der Waals surface area contributed by atoms with Crippen molar-refractivity contribution in [2.24, 2.45) is 0 Å². The lowest BCUT2D eigenvalue weighted by Gasteiger charge is -2.33. The van der Waals surface area contributed by atoms with E-state index in [1.165, 1.54) is 12.8 Å². The van der Waals surface area contributed by atoms with Crippen molar-refractivity contribution in [1.82, 2.24) is 5.32 Å². The van der Waals surface area contributed by atoms with Gasteiger partial charge in [-0.25, -0.2) is 0 Å². The standard InChI is InChI=1S/C18H19N/c1-3-7-17-13(5-1)9-15(17)11-19-12-16-10-14-6-2-4-8-18(14)16/h1-8,15-16,19H,9-12H2. The molecule has 0 aromatic heterocycles. The summed E-state index contributed by atoms with van der Waals surface area (Å²) < 4.78 is 0. The molecule has 1 N–H and O–H groups in total. The average molecular weight is 249 g/mol. The molecule has 0 fully saturated rings. The summed E-state index contributed by atoms with van der Waals surface area (Å²) in [6.45, 7) is 2.27. The van der Waals surface area contributed by atoms with Gasteiger partial charge in [0, 0.05) is 24.9 Å². The lowest BCUT2D eigenvalue weighted by Crippen LogP contribution is -2.34. The van der Waals surface area contributed by atoms with Gasteiger partial charge in [0.2, 0.25) is 0 Å². The Bertz CT molecular complexity index is 549. The van der Waals surface area contributed by atoms with Gasteiger partial charge < -0.3 is 5.32 Å². The smallest absolute Gasteiger partial charge is 0.00237 e. The second kappa shape index (κ2) is 4.50. The maximum Gasteiger partial charge on any atom is 0.00237 e. The lowest BCUT2D eigenvalue weighted by molar-refractivity contribution is 0.486. The fourth-order valence-corrected chi connectivity index (χ4v) is 3.52. The van der Waals surface area contributed by atoms with E-state index in [9.17, 15) is 0 Å². The van der Waals surface area contributed by atoms with Crippen molar-refractivity contribution in [3.63, 3.8) is 0 Å². The number of hydrogen-bond acceptors (Lipinski definition) is 1. The van der Waals surface area contributed by atoms with Crippen LogP contribution in [0.15, 0.2) is 48.5 Å². The molecule has 0 heterocycles. The van der Waals surface area contributed by atoms with E-state index in [0.29, 0.717) is 0 Å². The first kappa shape index (κ1) is 11.2. The summed E-state index contributed by atoms with van der Waals surface area (Å²) in [5.74, 6) is 1.48. The van der Waals surface area contributed by atoms with Gasteiger partial charge in [0.1, 0.15) is 0 Å². The zero-order valence-electron chi connectivity index (χ0n) is 11.1. The maximum atomic E-state index is 3.67. The molecule has 2 aliphatic rings. The highest BCUT2D eigenvalue weighted by Gasteiger charge is 2.27. The molecule has 0 aliphatic heterocycles. The molecule has 0 saturated carbocycles. The zero-order valence-corrected chi connectivity index (χ0v) is 11.1. The van der Waals surface area contributed by atoms with Crippen LogP contribution in [0.4, 0.5) is 0 Å². The summed E-state index contributed by atoms with van der Waals surface area (Å²) in [7, 11) is 0. The first-order valence-corrected chi connectivity index (χ1v) is 7.28. The highest BCUT2D eigenvalue weighted by molar-refractivity contribution is 5.41. The Morgan fingerprint density at radius 2 is 1.21 bits per heavy atom. The molecule has 2 atom stereocenters. The van der Waals surface area contributed by atoms with Crippen LogP contribution >= 0.6 is 0 Å². The topological polar surface area (TPSA) is 12.0 Å². The SMILES string of the molecule is c1ccc2c(c1)CC2CNCC1Cc2ccccc21. The van der Waals surface area contributed by atoms with Gasteiger partial charge in [0.15, 0.2) is 0 Å². The summed E-state index contributed by atoms with van der Waals surface area (Å²) in [5.41, 5.74) is 6.21. The third kappa shape index (κ3) is 1.89. The normalized spacial score (nSPS) is 22.9. The molecule has 1 nitrogen and oxygen atoms in total. The van der Waals surface area contributed by atoms with Gasteiger partial charge in [-0.1, -0.05) is 48.5 Å². The summed E-state index contributed by atoms with van der Waals surface area (Å²) in [4.78, 5) is 0. The molecule has 4 rings (SSSR count). The van der Waals surface area contributed by atoms with E-state index in [1.54, 1.807) is 22.3 Å². The lowest BCUT2D eigenvalue weighted by atomic mass is 9.76. The Morgan fingerprint density at radius 1 is 0.737 bits per heavy atom. The molecule has 2 aromatic rings. The van der Waals surface area contributed by atoms with Gasteiger partial charge in [-0.3, -0.25) is 0 Å². The van der Waals surface area contributed by atoms with Crippen LogP contribution in [0.3, 0.4) is 0 Å². The molecule has 0 radical (unpaired) electrons. The van der Waals surface area contributed by atoms with Gasteiger partial charge in [-0.15, -0.1) is 0 Å². The van der Waals surface area contributed by atoms with Crippen molar-refractivity contribution in [3.8, 4) is 0 Å². The molecule has 2 aromatic carbocycles. The van der Waals surface area contributed by atoms with E-state index in [4.69, 9.17) is 0 Å². The van der Waals surface area contributed by atoms with Crippen molar-refractivity contribution < 1.29 is 0 Å². The van der Waals surface area contributed by atoms with Crippen LogP contribution in [0.25, 0.3) is 0 Å². The highest BCUT2D eigenvalue weighted by atomic mass is 14.9. The van der Waals surface area contributed by atoms with Crippen LogP contribution in [0.1, 0.15) is 34.1 Å². The number of hydrogen-bond donors (Lipinski definition) is 1. The van der Waals surface area contributed by atoms with Crippen molar-refractivity contribution in [1.29, 1.82) is 0 Å². The highest BCUT2D eigenvalue weighted by Crippen LogP contribution is 2.36. The Hall–Kier alpha value is -1.60. The molecule has 96 valence electrons. The average Bonchev–Trinajstić information content (AvgIpc) is 2.39. The van der Waals surface area contributed by atoms with Gasteiger partial charge in [-0.2, -0.15) is 0 Å². The Balaban J connectivity index is 1.30. The molecule has 0 amide bonds. The third-order valence-corrected chi connectivity index (χ3v) is 4.70. The van der Waals surface area contributed by atoms with E-state index in [0.717, 1.165) is 24.9 Å². The number of rotatable bonds is 4. The predicted octanol–water partition coefficient (Wildman–Crippen LogP) is 3.26. The van der Waals surface area contributed by atoms with E-state index in [1.807, 2.05) is 0 Å². The van der Waals surface area contributed by atoms with Gasteiger partial charge in [0.05, 0.1) is 0 Å². The molecular weight excluding hydrogens is 230 g/mol. The fourth-order valence-electron chi connectivity index (χ4n) is 3.52. The second-order valence-corrected chi connectivity index (χ2v) is 5.86. The fraction of sp³-hybridized carbons (Fsp3) is 0.333. The maximum absolute atomic E-state index is 3.67. The number of nitrogens with one attached hydrogen (secondary N) is 1. The van der Waals surface area contributed by atoms with E-state index in [-0.39, 0.29) is 0 Å². The van der Waals surface area contributed by atoms with Crippen LogP contribution in [-0.2, 0) is 12.8 Å². The minimum atomic E-state index is 0.742. The second-order valence-electron chi connectivity index (χ2n) is 5.86.